The number of nitrogen functional groups attached to an aromatic ring is 1. The first-order valence-electron chi connectivity index (χ1n) is 51.0. The summed E-state index contributed by atoms with van der Waals surface area (Å²) in [7, 11) is 6.29. The van der Waals surface area contributed by atoms with Gasteiger partial charge in [0.15, 0.2) is 0 Å². The molecule has 12 aromatic rings. The molecule has 8 heterocycles. The second kappa shape index (κ2) is 78.4. The van der Waals surface area contributed by atoms with Gasteiger partial charge < -0.3 is 62.6 Å². The zero-order valence-electron chi connectivity index (χ0n) is 88.3. The van der Waals surface area contributed by atoms with E-state index in [0.29, 0.717) is 42.2 Å². The number of nitrogens with two attached hydrogens (primary N) is 3. The quantitative estimate of drug-likeness (QED) is 0.00637. The van der Waals surface area contributed by atoms with Crippen LogP contribution < -0.4 is 73.9 Å². The van der Waals surface area contributed by atoms with Gasteiger partial charge in [0.05, 0.1) is 51.3 Å². The summed E-state index contributed by atoms with van der Waals surface area (Å²) in [6.45, 7) is 15.8. The van der Waals surface area contributed by atoms with Gasteiger partial charge in [-0.15, -0.1) is 0 Å². The number of rotatable bonds is 33. The van der Waals surface area contributed by atoms with Crippen molar-refractivity contribution in [1.29, 1.82) is 0 Å². The number of nitrogens with one attached hydrogen (secondary N) is 1. The van der Waals surface area contributed by atoms with E-state index in [0.717, 1.165) is 261 Å². The van der Waals surface area contributed by atoms with E-state index in [9.17, 15) is 38.7 Å². The Bertz CT molecular complexity index is 5990. The Morgan fingerprint density at radius 1 is 0.416 bits per heavy atom. The standard InChI is InChI=1S/C28H32BN4O2.C28H31BN3O3.C27H32N4O.C16H13ClN2O2.C12H16BN2O.3CH4.7K.H/c1-20-18-31-28(32-26(20)11-10-22-4-2-3-5-25(22)17-27(30)35)16-21-6-8-23(9-7-21)24-12-14-33(15-13-24)29-19-34;1-20-18-30-27(31-26(20)11-10-22-4-2-3-5-25(22)17-28(34)35)16-21-6-8-23(9-7-21)24-12-14-32(15-13-24)29-19-33;1-19-18-30-27(16-20-6-8-22(9-7-20)23-12-14-29-15-13-23)31-25(19)11-10-21-4-2-3-5-24(21)17-26(28)32;1-11-10-18-16(17)19-14(11)8-7-12-5-3-4-6-13(12)9-15(20)21-2;14-12-3-1-10(2-4-12)11-5-7-15(8-6-11)13-9-16;;;;;;;;;;;/h2-9,18-19,24H,10-17H2,1H3,(H2,30,35);2-9,18-19,24H,10-17H2,1H3,(H,34,35);2-9,18,23,29H,10-17H2,1H3,(H2,28,32);3-6,10H,9H2,1-2H3;1-4,9,11H,5-8,14H2;3*1H4;;;;;;;;/q;;;;;;;;;;;;;;+1;-1. The molecule has 0 unspecified atom stereocenters. The normalized spacial score (nSPS) is 13.4. The minimum absolute atomic E-state index is 0. The van der Waals surface area contributed by atoms with Crippen LogP contribution in [0.4, 0.5) is 5.69 Å². The molecule has 149 heavy (non-hydrogen) atoms. The molecule has 0 aliphatic carbocycles. The molecule has 24 nitrogen and oxygen atoms in total. The van der Waals surface area contributed by atoms with Gasteiger partial charge in [0.1, 0.15) is 23.2 Å². The molecule has 35 heteroatoms. The number of esters is 1. The average molecular weight is 2200 g/mol. The van der Waals surface area contributed by atoms with Gasteiger partial charge in [0.2, 0.25) is 17.1 Å². The van der Waals surface area contributed by atoms with Gasteiger partial charge in [0.25, 0.3) is 22.2 Å². The number of piperidine rings is 4. The molecule has 745 valence electrons. The number of ether oxygens (including phenoxy) is 1. The number of benzene rings is 8. The number of nitrogens with zero attached hydrogens (tertiary/aromatic N) is 11. The van der Waals surface area contributed by atoms with E-state index in [1.165, 1.54) is 248 Å². The van der Waals surface area contributed by atoms with Crippen molar-refractivity contribution in [2.24, 2.45) is 11.5 Å². The topological polar surface area (TPSA) is 352 Å². The van der Waals surface area contributed by atoms with Crippen LogP contribution in [0.15, 0.2) is 219 Å². The van der Waals surface area contributed by atoms with Crippen LogP contribution in [0.3, 0.4) is 0 Å². The monoisotopic (exact) mass is 2200 g/mol. The van der Waals surface area contributed by atoms with Crippen molar-refractivity contribution in [2.45, 2.75) is 208 Å². The summed E-state index contributed by atoms with van der Waals surface area (Å²) in [5.41, 5.74) is 42.0. The number of aromatic nitrogens is 8. The summed E-state index contributed by atoms with van der Waals surface area (Å²) in [5.74, 6) is 9.08. The number of carbonyl (C=O) groups is 7. The van der Waals surface area contributed by atoms with E-state index in [1.807, 2.05) is 136 Å². The van der Waals surface area contributed by atoms with Crippen molar-refractivity contribution in [3.8, 4) is 11.8 Å². The fraction of sp³-hybridized carbons (Fsp3) is 0.360. The van der Waals surface area contributed by atoms with Crippen molar-refractivity contribution < 1.29 is 96.2 Å². The predicted octanol–water partition coefficient (Wildman–Crippen LogP) is 11.2. The Morgan fingerprint density at radius 3 is 1.04 bits per heavy atom. The van der Waals surface area contributed by atoms with Crippen LogP contribution in [-0.4, -0.2) is 373 Å². The fourth-order valence-electron chi connectivity index (χ4n) is 18.1. The number of primary amides is 2. The zero-order chi connectivity index (χ0) is 104. The van der Waals surface area contributed by atoms with E-state index in [-0.39, 0.29) is 124 Å². The van der Waals surface area contributed by atoms with Crippen LogP contribution in [-0.2, 0) is 122 Å². The Morgan fingerprint density at radius 2 is 0.718 bits per heavy atom. The van der Waals surface area contributed by atoms with Gasteiger partial charge in [-0.25, -0.2) is 39.9 Å². The van der Waals surface area contributed by atoms with E-state index in [2.05, 4.69) is 165 Å². The third-order valence-electron chi connectivity index (χ3n) is 26.1. The number of hydrogen-bond acceptors (Lipinski definition) is 21. The van der Waals surface area contributed by atoms with Gasteiger partial charge in [-0.05, 0) is 324 Å². The van der Waals surface area contributed by atoms with Crippen molar-refractivity contribution in [3.05, 3.63) is 370 Å². The van der Waals surface area contributed by atoms with Gasteiger partial charge >= 0.3 is 253 Å². The number of hydrogen-bond donors (Lipinski definition) is 5. The van der Waals surface area contributed by atoms with Crippen LogP contribution in [0.25, 0.3) is 0 Å². The predicted molar refractivity (Wildman–Crippen MR) is 606 cm³/mol. The van der Waals surface area contributed by atoms with Gasteiger partial charge in [-0.3, -0.25) is 19.2 Å². The number of aliphatic carboxylic acids is 1. The number of carboxylic acids is 1. The molecule has 0 atom stereocenters. The number of amides is 2. The van der Waals surface area contributed by atoms with Crippen LogP contribution in [0, 0.1) is 39.5 Å². The van der Waals surface area contributed by atoms with Crippen LogP contribution in [0.1, 0.15) is 245 Å². The second-order valence-electron chi connectivity index (χ2n) is 36.0. The first-order valence-corrected chi connectivity index (χ1v) is 99.4. The molecular weight excluding hydrogens is 2060 g/mol. The molecule has 4 saturated heterocycles. The van der Waals surface area contributed by atoms with Gasteiger partial charge in [-0.1, -0.05) is 204 Å². The number of carbonyl (C=O) groups excluding carboxylic acids is 6. The summed E-state index contributed by atoms with van der Waals surface area (Å²) < 4.78 is 4.68. The SMILES string of the molecule is C.C.C.COC(=O)Cc1ccccc1C#Cc1nc(Cl)ncc1C.Cc1cnc(Cc2ccc(C3CCN([B]C=O)CC3)cc2)nc1CCc1ccccc1CC(=O)O.Cc1cnc(Cc2ccc(C3CCN([B]C=O)CC3)cc2)nc1CCc1ccccc1CC(N)=O.Cc1cnc(Cc2ccc(C3CCNCC3)cc2)nc1CCc1ccccc1CC(N)=O.Nc1ccc(C2CCN([B]C=O)CC2)cc1.[H-].[K+].[K][K].[K][K].[K][K]. The molecule has 4 aliphatic rings. The number of aryl methyl sites for hydroxylation is 10. The molecule has 8 aromatic carbocycles. The molecule has 16 rings (SSSR count). The van der Waals surface area contributed by atoms with Crippen molar-refractivity contribution in [1.82, 2.24) is 59.6 Å². The molecule has 4 aliphatic heterocycles. The maximum absolute atomic E-state index is 11.4. The molecule has 8 N–H and O–H groups in total. The Labute approximate surface area is 1070 Å². The second-order valence-corrected chi connectivity index (χ2v) is 36.3. The summed E-state index contributed by atoms with van der Waals surface area (Å²) >= 11 is 13.3. The number of carboxylic acid groups (broad SMARTS) is 1. The molecule has 4 aromatic heterocycles. The molecule has 0 saturated carbocycles. The third-order valence-corrected chi connectivity index (χ3v) is 26.3. The third kappa shape index (κ3) is 49.7. The van der Waals surface area contributed by atoms with Crippen LogP contribution in [0.5, 0.6) is 0 Å². The Hall–Kier alpha value is -1.89. The van der Waals surface area contributed by atoms with Crippen molar-refractivity contribution in [3.63, 3.8) is 0 Å². The molecule has 3 radical (unpaired) electrons. The summed E-state index contributed by atoms with van der Waals surface area (Å²) in [5, 5.41) is 12.8. The summed E-state index contributed by atoms with van der Waals surface area (Å²) in [6.07, 6.45) is 26.4. The molecule has 0 spiro atoms. The van der Waals surface area contributed by atoms with E-state index >= 15 is 0 Å². The molecule has 0 bridgehead atoms. The van der Waals surface area contributed by atoms with Crippen LogP contribution >= 0.6 is 11.6 Å². The van der Waals surface area contributed by atoms with Gasteiger partial charge in [0, 0.05) is 77.9 Å². The number of methoxy groups -OCH3 is 1. The van der Waals surface area contributed by atoms with Crippen LogP contribution in [0.2, 0.25) is 5.28 Å². The van der Waals surface area contributed by atoms with E-state index < -0.39 is 5.97 Å². The van der Waals surface area contributed by atoms with Crippen molar-refractivity contribution in [2.75, 3.05) is 65.2 Å². The minimum atomic E-state index is -0.814. The Kier molecular flexibility index (Phi) is 72.4. The Balaban J connectivity index is 0.000000390. The van der Waals surface area contributed by atoms with Crippen molar-refractivity contribution >= 4 is 271 Å². The number of halogens is 1. The molecule has 4 fully saturated rings. The summed E-state index contributed by atoms with van der Waals surface area (Å²) in [4.78, 5) is 120. The summed E-state index contributed by atoms with van der Waals surface area (Å²) in [6, 6.07) is 65.8. The zero-order valence-corrected chi connectivity index (χ0v) is 110. The van der Waals surface area contributed by atoms with E-state index in [1.54, 1.807) is 28.4 Å². The molecular formula is C114H137B3ClK7N15O9. The maximum atomic E-state index is 11.4. The average Bonchev–Trinajstić information content (AvgIpc) is 0.835. The fourth-order valence-corrected chi connectivity index (χ4v) is 18.2. The number of anilines is 1. The van der Waals surface area contributed by atoms with E-state index in [4.69, 9.17) is 43.8 Å². The first kappa shape index (κ1) is 138. The molecule has 2 amide bonds. The van der Waals surface area contributed by atoms with Gasteiger partial charge in [-0.2, -0.15) is 0 Å². The first-order chi connectivity index (χ1) is 70.5.